The molecule has 0 radical (unpaired) electrons. The maximum Gasteiger partial charge on any atom is 0.133 e. The zero-order valence-corrected chi connectivity index (χ0v) is 10.6. The molecule has 1 atom stereocenters. The van der Waals surface area contributed by atoms with Crippen molar-refractivity contribution in [3.05, 3.63) is 0 Å². The van der Waals surface area contributed by atoms with Crippen LogP contribution in [0.3, 0.4) is 0 Å². The van der Waals surface area contributed by atoms with Gasteiger partial charge in [-0.05, 0) is 38.6 Å². The Hall–Kier alpha value is -0.370. The van der Waals surface area contributed by atoms with Gasteiger partial charge >= 0.3 is 0 Å². The minimum atomic E-state index is 0.485. The highest BCUT2D eigenvalue weighted by Crippen LogP contribution is 2.28. The van der Waals surface area contributed by atoms with E-state index in [4.69, 9.17) is 0 Å². The van der Waals surface area contributed by atoms with E-state index in [1.54, 1.807) is 0 Å². The molecular formula is C14H25NO. The van der Waals surface area contributed by atoms with E-state index in [9.17, 15) is 4.79 Å². The molecule has 0 aromatic rings. The minimum Gasteiger partial charge on any atom is -0.300 e. The second kappa shape index (κ2) is 5.81. The van der Waals surface area contributed by atoms with Gasteiger partial charge in [-0.1, -0.05) is 19.8 Å². The molecule has 1 saturated heterocycles. The van der Waals surface area contributed by atoms with Gasteiger partial charge in [0, 0.05) is 24.9 Å². The topological polar surface area (TPSA) is 20.3 Å². The summed E-state index contributed by atoms with van der Waals surface area (Å²) >= 11 is 0. The van der Waals surface area contributed by atoms with Crippen LogP contribution >= 0.6 is 0 Å². The zero-order valence-electron chi connectivity index (χ0n) is 10.6. The molecule has 92 valence electrons. The van der Waals surface area contributed by atoms with E-state index in [1.165, 1.54) is 38.6 Å². The molecule has 1 heterocycles. The second-order valence-electron chi connectivity index (χ2n) is 5.42. The standard InChI is InChI=1S/C14H25NO/c1-2-12-6-4-3-5-11-15(12)13-7-9-14(16)10-8-13/h12-13H,2-11H2,1H3. The fraction of sp³-hybridized carbons (Fsp3) is 0.929. The van der Waals surface area contributed by atoms with Crippen molar-refractivity contribution in [2.24, 2.45) is 0 Å². The molecule has 0 aromatic heterocycles. The summed E-state index contributed by atoms with van der Waals surface area (Å²) in [5.74, 6) is 0.485. The maximum absolute atomic E-state index is 11.3. The van der Waals surface area contributed by atoms with Crippen LogP contribution in [0.1, 0.15) is 64.7 Å². The number of rotatable bonds is 2. The van der Waals surface area contributed by atoms with E-state index in [0.717, 1.165) is 31.7 Å². The first-order valence-electron chi connectivity index (χ1n) is 7.08. The third-order valence-corrected chi connectivity index (χ3v) is 4.38. The molecule has 16 heavy (non-hydrogen) atoms. The van der Waals surface area contributed by atoms with Gasteiger partial charge < -0.3 is 0 Å². The summed E-state index contributed by atoms with van der Waals surface area (Å²) in [6, 6.07) is 1.50. The number of likely N-dealkylation sites (tertiary alicyclic amines) is 1. The summed E-state index contributed by atoms with van der Waals surface area (Å²) in [5, 5.41) is 0. The summed E-state index contributed by atoms with van der Waals surface area (Å²) in [7, 11) is 0. The number of hydrogen-bond acceptors (Lipinski definition) is 2. The Morgan fingerprint density at radius 3 is 2.56 bits per heavy atom. The normalized spacial score (nSPS) is 30.3. The predicted octanol–water partition coefficient (Wildman–Crippen LogP) is 3.15. The number of ketones is 1. The maximum atomic E-state index is 11.3. The van der Waals surface area contributed by atoms with Gasteiger partial charge in [0.1, 0.15) is 5.78 Å². The first-order valence-corrected chi connectivity index (χ1v) is 7.08. The SMILES string of the molecule is CCC1CCCCCN1C1CCC(=O)CC1. The van der Waals surface area contributed by atoms with Gasteiger partial charge in [-0.15, -0.1) is 0 Å². The van der Waals surface area contributed by atoms with E-state index < -0.39 is 0 Å². The van der Waals surface area contributed by atoms with Crippen molar-refractivity contribution in [3.63, 3.8) is 0 Å². The lowest BCUT2D eigenvalue weighted by Crippen LogP contribution is -2.44. The van der Waals surface area contributed by atoms with E-state index >= 15 is 0 Å². The monoisotopic (exact) mass is 223 g/mol. The summed E-state index contributed by atoms with van der Waals surface area (Å²) in [6.45, 7) is 3.59. The first kappa shape index (κ1) is 12.1. The molecule has 2 rings (SSSR count). The van der Waals surface area contributed by atoms with Gasteiger partial charge in [0.2, 0.25) is 0 Å². The van der Waals surface area contributed by atoms with E-state index in [0.29, 0.717) is 11.8 Å². The van der Waals surface area contributed by atoms with E-state index in [2.05, 4.69) is 11.8 Å². The molecule has 1 saturated carbocycles. The third kappa shape index (κ3) is 2.85. The van der Waals surface area contributed by atoms with E-state index in [1.807, 2.05) is 0 Å². The highest BCUT2D eigenvalue weighted by molar-refractivity contribution is 5.79. The number of carbonyl (C=O) groups is 1. The van der Waals surface area contributed by atoms with Gasteiger partial charge in [0.15, 0.2) is 0 Å². The van der Waals surface area contributed by atoms with Crippen LogP contribution in [0.5, 0.6) is 0 Å². The quantitative estimate of drug-likeness (QED) is 0.716. The average Bonchev–Trinajstić information content (AvgIpc) is 2.55. The Bertz CT molecular complexity index is 229. The Kier molecular flexibility index (Phi) is 4.39. The van der Waals surface area contributed by atoms with Crippen LogP contribution in [-0.4, -0.2) is 29.3 Å². The number of carbonyl (C=O) groups excluding carboxylic acids is 1. The molecule has 0 N–H and O–H groups in total. The van der Waals surface area contributed by atoms with Crippen molar-refractivity contribution in [3.8, 4) is 0 Å². The molecule has 0 bridgehead atoms. The molecule has 1 unspecified atom stereocenters. The molecule has 0 amide bonds. The van der Waals surface area contributed by atoms with Gasteiger partial charge in [0.25, 0.3) is 0 Å². The lowest BCUT2D eigenvalue weighted by Gasteiger charge is -2.38. The van der Waals surface area contributed by atoms with Crippen molar-refractivity contribution >= 4 is 5.78 Å². The Balaban J connectivity index is 1.96. The average molecular weight is 223 g/mol. The molecule has 1 aliphatic carbocycles. The fourth-order valence-electron chi connectivity index (χ4n) is 3.38. The molecule has 2 fully saturated rings. The van der Waals surface area contributed by atoms with Crippen LogP contribution < -0.4 is 0 Å². The number of hydrogen-bond donors (Lipinski definition) is 0. The molecule has 0 spiro atoms. The molecule has 2 aliphatic rings. The van der Waals surface area contributed by atoms with Crippen molar-refractivity contribution < 1.29 is 4.79 Å². The molecule has 0 aromatic carbocycles. The highest BCUT2D eigenvalue weighted by atomic mass is 16.1. The van der Waals surface area contributed by atoms with Gasteiger partial charge in [-0.3, -0.25) is 9.69 Å². The Morgan fingerprint density at radius 1 is 1.12 bits per heavy atom. The third-order valence-electron chi connectivity index (χ3n) is 4.38. The molecule has 1 aliphatic heterocycles. The lowest BCUT2D eigenvalue weighted by molar-refractivity contribution is -0.121. The van der Waals surface area contributed by atoms with E-state index in [-0.39, 0.29) is 0 Å². The molecule has 2 nitrogen and oxygen atoms in total. The van der Waals surface area contributed by atoms with Crippen LogP contribution in [0, 0.1) is 0 Å². The van der Waals surface area contributed by atoms with Crippen molar-refractivity contribution in [1.82, 2.24) is 4.90 Å². The highest BCUT2D eigenvalue weighted by Gasteiger charge is 2.29. The van der Waals surface area contributed by atoms with Crippen LogP contribution in [0.4, 0.5) is 0 Å². The minimum absolute atomic E-state index is 0.485. The first-order chi connectivity index (χ1) is 7.81. The van der Waals surface area contributed by atoms with Crippen molar-refractivity contribution in [2.45, 2.75) is 76.8 Å². The fourth-order valence-corrected chi connectivity index (χ4v) is 3.38. The van der Waals surface area contributed by atoms with Crippen molar-refractivity contribution in [2.75, 3.05) is 6.54 Å². The van der Waals surface area contributed by atoms with Crippen LogP contribution in [0.2, 0.25) is 0 Å². The van der Waals surface area contributed by atoms with Crippen molar-refractivity contribution in [1.29, 1.82) is 0 Å². The summed E-state index contributed by atoms with van der Waals surface area (Å²) in [5.41, 5.74) is 0. The molecular weight excluding hydrogens is 198 g/mol. The lowest BCUT2D eigenvalue weighted by atomic mass is 9.91. The smallest absolute Gasteiger partial charge is 0.133 e. The van der Waals surface area contributed by atoms with Gasteiger partial charge in [0.05, 0.1) is 0 Å². The summed E-state index contributed by atoms with van der Waals surface area (Å²) < 4.78 is 0. The zero-order chi connectivity index (χ0) is 11.4. The predicted molar refractivity (Wildman–Crippen MR) is 66.5 cm³/mol. The number of nitrogens with zero attached hydrogens (tertiary/aromatic N) is 1. The summed E-state index contributed by atoms with van der Waals surface area (Å²) in [4.78, 5) is 14.0. The Morgan fingerprint density at radius 2 is 1.88 bits per heavy atom. The van der Waals surface area contributed by atoms with Crippen LogP contribution in [0.15, 0.2) is 0 Å². The Labute approximate surface area is 99.4 Å². The number of Topliss-reactive ketones (excluding diaryl/α,β-unsaturated/α-hetero) is 1. The largest absolute Gasteiger partial charge is 0.300 e. The molecule has 2 heteroatoms. The van der Waals surface area contributed by atoms with Crippen LogP contribution in [-0.2, 0) is 4.79 Å². The van der Waals surface area contributed by atoms with Gasteiger partial charge in [-0.25, -0.2) is 0 Å². The second-order valence-corrected chi connectivity index (χ2v) is 5.42. The summed E-state index contributed by atoms with van der Waals surface area (Å²) in [6.07, 6.45) is 10.7. The van der Waals surface area contributed by atoms with Crippen LogP contribution in [0.25, 0.3) is 0 Å². The van der Waals surface area contributed by atoms with Gasteiger partial charge in [-0.2, -0.15) is 0 Å².